The van der Waals surface area contributed by atoms with Gasteiger partial charge < -0.3 is 9.47 Å². The molecule has 0 fully saturated rings. The molecule has 4 heteroatoms. The van der Waals surface area contributed by atoms with Crippen molar-refractivity contribution in [2.75, 3.05) is 11.2 Å². The van der Waals surface area contributed by atoms with Crippen molar-refractivity contribution in [2.45, 2.75) is 35.3 Å². The lowest BCUT2D eigenvalue weighted by Gasteiger charge is -2.33. The maximum Gasteiger partial charge on any atom is 0.0726 e. The first-order valence-electron chi connectivity index (χ1n) is 20.3. The van der Waals surface area contributed by atoms with Crippen LogP contribution in [0.15, 0.2) is 187 Å². The first kappa shape index (κ1) is 35.2. The summed E-state index contributed by atoms with van der Waals surface area (Å²) in [7, 11) is 0. The van der Waals surface area contributed by atoms with Gasteiger partial charge in [0.25, 0.3) is 0 Å². The molecule has 0 saturated heterocycles. The Morgan fingerprint density at radius 1 is 0.534 bits per heavy atom. The highest BCUT2D eigenvalue weighted by Crippen LogP contribution is 2.64. The largest absolute Gasteiger partial charge is 0.310 e. The quantitative estimate of drug-likeness (QED) is 0.121. The fourth-order valence-electron chi connectivity index (χ4n) is 10.1. The third-order valence-corrected chi connectivity index (χ3v) is 13.8. The van der Waals surface area contributed by atoms with Crippen LogP contribution in [0, 0.1) is 0 Å². The van der Waals surface area contributed by atoms with Crippen LogP contribution in [-0.2, 0) is 5.41 Å². The van der Waals surface area contributed by atoms with Gasteiger partial charge in [0.1, 0.15) is 0 Å². The van der Waals surface area contributed by atoms with Crippen LogP contribution < -0.4 is 4.90 Å². The number of hydrogen-bond acceptors (Lipinski definition) is 3. The topological polar surface area (TPSA) is 8.17 Å². The molecule has 1 heterocycles. The summed E-state index contributed by atoms with van der Waals surface area (Å²) in [6.45, 7) is 2.25. The number of aromatic nitrogens is 1. The molecule has 0 N–H and O–H groups in total. The molecule has 0 amide bonds. The molecule has 2 aliphatic rings. The lowest BCUT2D eigenvalue weighted by Crippen LogP contribution is -2.26. The molecule has 9 aromatic rings. The van der Waals surface area contributed by atoms with E-state index in [0.717, 1.165) is 35.6 Å². The van der Waals surface area contributed by atoms with E-state index in [9.17, 15) is 0 Å². The number of rotatable bonds is 8. The lowest BCUT2D eigenvalue weighted by atomic mass is 9.70. The van der Waals surface area contributed by atoms with Crippen LogP contribution in [0.4, 0.5) is 17.1 Å². The third-order valence-electron chi connectivity index (χ3n) is 12.6. The molecule has 0 bridgehead atoms. The zero-order valence-electron chi connectivity index (χ0n) is 32.6. The summed E-state index contributed by atoms with van der Waals surface area (Å²) in [6.07, 6.45) is 4.32. The van der Waals surface area contributed by atoms with E-state index in [4.69, 9.17) is 12.6 Å². The molecule has 58 heavy (non-hydrogen) atoms. The number of nitrogens with zero attached hydrogens (tertiary/aromatic N) is 2. The number of fused-ring (bicyclic) bond motifs is 13. The van der Waals surface area contributed by atoms with Gasteiger partial charge in [-0.25, -0.2) is 0 Å². The minimum atomic E-state index is -0.475. The van der Waals surface area contributed by atoms with Crippen molar-refractivity contribution in [3.63, 3.8) is 0 Å². The van der Waals surface area contributed by atoms with Gasteiger partial charge in [-0.05, 0) is 136 Å². The van der Waals surface area contributed by atoms with E-state index in [1.54, 1.807) is 0 Å². The maximum atomic E-state index is 5.15. The monoisotopic (exact) mass is 782 g/mol. The minimum absolute atomic E-state index is 0.180. The smallest absolute Gasteiger partial charge is 0.0726 e. The van der Waals surface area contributed by atoms with E-state index in [2.05, 4.69) is 205 Å². The third kappa shape index (κ3) is 5.14. The number of thiol groups is 1. The van der Waals surface area contributed by atoms with Gasteiger partial charge in [0, 0.05) is 43.7 Å². The maximum absolute atomic E-state index is 5.15. The molecule has 2 atom stereocenters. The van der Waals surface area contributed by atoms with Gasteiger partial charge in [-0.2, -0.15) is 12.6 Å². The highest BCUT2D eigenvalue weighted by atomic mass is 32.2. The Morgan fingerprint density at radius 3 is 1.79 bits per heavy atom. The van der Waals surface area contributed by atoms with Crippen molar-refractivity contribution in [3.05, 3.63) is 210 Å². The van der Waals surface area contributed by atoms with Crippen LogP contribution in [0.2, 0.25) is 0 Å². The number of thioether (sulfide) groups is 1. The summed E-state index contributed by atoms with van der Waals surface area (Å²) >= 11 is 6.96. The van der Waals surface area contributed by atoms with E-state index in [-0.39, 0.29) is 5.25 Å². The average molecular weight is 783 g/mol. The van der Waals surface area contributed by atoms with Crippen LogP contribution >= 0.6 is 24.4 Å². The van der Waals surface area contributed by atoms with Crippen molar-refractivity contribution in [3.8, 4) is 27.9 Å². The van der Waals surface area contributed by atoms with Crippen molar-refractivity contribution in [2.24, 2.45) is 0 Å². The molecule has 280 valence electrons. The van der Waals surface area contributed by atoms with Gasteiger partial charge in [0.2, 0.25) is 0 Å². The van der Waals surface area contributed by atoms with Crippen molar-refractivity contribution < 1.29 is 0 Å². The zero-order chi connectivity index (χ0) is 39.0. The Labute approximate surface area is 350 Å². The summed E-state index contributed by atoms with van der Waals surface area (Å²) in [5.74, 6) is 0. The summed E-state index contributed by atoms with van der Waals surface area (Å²) in [6, 6.07) is 67.9. The average Bonchev–Trinajstić information content (AvgIpc) is 3.88. The minimum Gasteiger partial charge on any atom is -0.310 e. The van der Waals surface area contributed by atoms with Crippen LogP contribution in [0.25, 0.3) is 49.7 Å². The van der Waals surface area contributed by atoms with Crippen LogP contribution in [0.3, 0.4) is 0 Å². The standard InChI is InChI=1S/C54H42N2S2/c1-3-13-53(57)35-22-29-42-44-31-28-40(58-2)34-50(44)54(48(42)32-35)47-19-10-7-16-41(47)43-30-27-39(33-49(43)54)55(36-14-5-4-6-15-36)37-23-25-38(26-24-37)56-51-20-11-8-17-45(51)46-18-9-12-21-52(46)56/h4-12,14-34,53,57H,3,13H2,1-2H3. The highest BCUT2D eigenvalue weighted by Gasteiger charge is 2.52. The summed E-state index contributed by atoms with van der Waals surface area (Å²) in [5.41, 5.74) is 18.4. The number of para-hydroxylation sites is 3. The molecule has 2 unspecified atom stereocenters. The van der Waals surface area contributed by atoms with Crippen molar-refractivity contribution >= 4 is 63.3 Å². The normalized spacial score (nSPS) is 15.4. The molecule has 0 radical (unpaired) electrons. The summed E-state index contributed by atoms with van der Waals surface area (Å²) < 4.78 is 2.39. The molecular weight excluding hydrogens is 741 g/mol. The number of hydrogen-bond donors (Lipinski definition) is 1. The van der Waals surface area contributed by atoms with Crippen molar-refractivity contribution in [1.82, 2.24) is 4.57 Å². The molecule has 0 aliphatic heterocycles. The van der Waals surface area contributed by atoms with E-state index in [1.807, 2.05) is 11.8 Å². The zero-order valence-corrected chi connectivity index (χ0v) is 34.3. The van der Waals surface area contributed by atoms with Crippen LogP contribution in [-0.4, -0.2) is 10.8 Å². The van der Waals surface area contributed by atoms with Gasteiger partial charge in [0.15, 0.2) is 0 Å². The second-order valence-electron chi connectivity index (χ2n) is 15.6. The summed E-state index contributed by atoms with van der Waals surface area (Å²) in [4.78, 5) is 3.70. The first-order chi connectivity index (χ1) is 28.6. The summed E-state index contributed by atoms with van der Waals surface area (Å²) in [5, 5.41) is 2.71. The molecule has 2 aliphatic carbocycles. The molecule has 2 nitrogen and oxygen atoms in total. The molecule has 1 aromatic heterocycles. The lowest BCUT2D eigenvalue weighted by molar-refractivity contribution is 0.767. The molecule has 1 spiro atoms. The SMILES string of the molecule is CCCC(S)c1ccc2c(c1)C1(c3ccccc3-c3ccc(N(c4ccccc4)c4ccc(-n5c6ccccc6c6ccccc65)cc4)cc31)c1cc(SC)ccc1-2. The molecule has 8 aromatic carbocycles. The van der Waals surface area contributed by atoms with Gasteiger partial charge >= 0.3 is 0 Å². The second kappa shape index (κ2) is 13.9. The number of benzene rings is 8. The molecular formula is C54H42N2S2. The van der Waals surface area contributed by atoms with E-state index in [0.29, 0.717) is 0 Å². The van der Waals surface area contributed by atoms with Gasteiger partial charge in [-0.15, -0.1) is 11.8 Å². The van der Waals surface area contributed by atoms with E-state index >= 15 is 0 Å². The van der Waals surface area contributed by atoms with Crippen LogP contribution in [0.1, 0.15) is 52.8 Å². The fourth-order valence-corrected chi connectivity index (χ4v) is 10.9. The van der Waals surface area contributed by atoms with Gasteiger partial charge in [-0.1, -0.05) is 123 Å². The Kier molecular flexibility index (Phi) is 8.43. The Hall–Kier alpha value is -5.94. The predicted molar refractivity (Wildman–Crippen MR) is 250 cm³/mol. The Bertz CT molecular complexity index is 2980. The fraction of sp³-hybridized carbons (Fsp3) is 0.111. The highest BCUT2D eigenvalue weighted by molar-refractivity contribution is 7.98. The molecule has 0 saturated carbocycles. The Balaban J connectivity index is 1.13. The van der Waals surface area contributed by atoms with Crippen LogP contribution in [0.5, 0.6) is 0 Å². The van der Waals surface area contributed by atoms with E-state index in [1.165, 1.54) is 76.8 Å². The second-order valence-corrected chi connectivity index (χ2v) is 17.1. The molecule has 11 rings (SSSR count). The number of anilines is 3. The van der Waals surface area contributed by atoms with Gasteiger partial charge in [-0.3, -0.25) is 0 Å². The predicted octanol–water partition coefficient (Wildman–Crippen LogP) is 15.1. The van der Waals surface area contributed by atoms with Crippen molar-refractivity contribution in [1.29, 1.82) is 0 Å². The van der Waals surface area contributed by atoms with Gasteiger partial charge in [0.05, 0.1) is 16.4 Å². The first-order valence-corrected chi connectivity index (χ1v) is 22.0. The van der Waals surface area contributed by atoms with E-state index < -0.39 is 5.41 Å². The Morgan fingerprint density at radius 2 is 1.09 bits per heavy atom.